The molecule has 0 aliphatic heterocycles. The predicted molar refractivity (Wildman–Crippen MR) is 123 cm³/mol. The molecule has 0 unspecified atom stereocenters. The molecule has 0 aliphatic rings. The number of rotatable bonds is 8. The lowest BCUT2D eigenvalue weighted by molar-refractivity contribution is 0.579. The number of halogens is 1. The molecule has 0 amide bonds. The highest BCUT2D eigenvalue weighted by atomic mass is 35.5. The molecule has 2 heterocycles. The first-order chi connectivity index (χ1) is 14.6. The molecular formula is C20H26ClN7O2S. The van der Waals surface area contributed by atoms with Gasteiger partial charge in [-0.1, -0.05) is 29.8 Å². The Bertz CT molecular complexity index is 1210. The van der Waals surface area contributed by atoms with Gasteiger partial charge in [-0.3, -0.25) is 4.68 Å². The zero-order valence-electron chi connectivity index (χ0n) is 17.9. The van der Waals surface area contributed by atoms with E-state index in [1.165, 1.54) is 10.2 Å². The van der Waals surface area contributed by atoms with Gasteiger partial charge in [0.05, 0.1) is 11.4 Å². The number of nitrogen functional groups attached to an aromatic ring is 1. The molecule has 3 rings (SSSR count). The number of nitrogens with one attached hydrogen (secondary N) is 2. The van der Waals surface area contributed by atoms with Gasteiger partial charge in [-0.05, 0) is 38.3 Å². The van der Waals surface area contributed by atoms with E-state index in [2.05, 4.69) is 25.1 Å². The first-order valence-corrected chi connectivity index (χ1v) is 11.6. The number of benzene rings is 1. The van der Waals surface area contributed by atoms with Crippen molar-refractivity contribution in [2.24, 2.45) is 7.05 Å². The number of sulfonamides is 1. The fourth-order valence-corrected chi connectivity index (χ4v) is 5.04. The van der Waals surface area contributed by atoms with Gasteiger partial charge in [0, 0.05) is 31.8 Å². The summed E-state index contributed by atoms with van der Waals surface area (Å²) >= 11 is 6.06. The number of hydrogen-bond acceptors (Lipinski definition) is 7. The van der Waals surface area contributed by atoms with Gasteiger partial charge in [-0.2, -0.15) is 10.1 Å². The summed E-state index contributed by atoms with van der Waals surface area (Å²) in [4.78, 5) is 8.58. The normalized spacial score (nSPS) is 11.6. The van der Waals surface area contributed by atoms with Crippen LogP contribution in [0.3, 0.4) is 0 Å². The summed E-state index contributed by atoms with van der Waals surface area (Å²) in [5, 5.41) is 7.30. The van der Waals surface area contributed by atoms with Gasteiger partial charge in [0.2, 0.25) is 16.0 Å². The second kappa shape index (κ2) is 9.21. The molecule has 0 saturated heterocycles. The quantitative estimate of drug-likeness (QED) is 0.438. The summed E-state index contributed by atoms with van der Waals surface area (Å²) in [6.45, 7) is 6.41. The predicted octanol–water partition coefficient (Wildman–Crippen LogP) is 2.82. The Kier molecular flexibility index (Phi) is 6.83. The molecule has 11 heteroatoms. The van der Waals surface area contributed by atoms with Crippen LogP contribution >= 0.6 is 11.6 Å². The van der Waals surface area contributed by atoms with Crippen LogP contribution in [0, 0.1) is 20.8 Å². The zero-order valence-corrected chi connectivity index (χ0v) is 19.5. The molecule has 4 N–H and O–H groups in total. The molecule has 0 saturated carbocycles. The number of nitrogens with two attached hydrogens (primary N) is 1. The van der Waals surface area contributed by atoms with E-state index < -0.39 is 10.0 Å². The molecule has 0 spiro atoms. The number of nitrogens with zero attached hydrogens (tertiary/aromatic N) is 4. The van der Waals surface area contributed by atoms with Crippen molar-refractivity contribution in [2.75, 3.05) is 24.1 Å². The third-order valence-corrected chi connectivity index (χ3v) is 7.10. The average Bonchev–Trinajstić information content (AvgIpc) is 2.95. The molecule has 0 atom stereocenters. The van der Waals surface area contributed by atoms with Crippen molar-refractivity contribution in [3.05, 3.63) is 46.2 Å². The summed E-state index contributed by atoms with van der Waals surface area (Å²) in [5.41, 5.74) is 10.3. The van der Waals surface area contributed by atoms with Crippen molar-refractivity contribution in [3.63, 3.8) is 0 Å². The Balaban J connectivity index is 1.61. The molecule has 0 aliphatic carbocycles. The Morgan fingerprint density at radius 1 is 1.16 bits per heavy atom. The van der Waals surface area contributed by atoms with Crippen LogP contribution < -0.4 is 15.8 Å². The van der Waals surface area contributed by atoms with E-state index in [0.29, 0.717) is 24.5 Å². The van der Waals surface area contributed by atoms with Crippen LogP contribution in [0.15, 0.2) is 29.2 Å². The van der Waals surface area contributed by atoms with Crippen molar-refractivity contribution in [1.29, 1.82) is 0 Å². The Labute approximate surface area is 187 Å². The van der Waals surface area contributed by atoms with Crippen LogP contribution in [0.2, 0.25) is 5.15 Å². The van der Waals surface area contributed by atoms with Crippen molar-refractivity contribution >= 4 is 33.4 Å². The Hall–Kier alpha value is -2.69. The van der Waals surface area contributed by atoms with Crippen molar-refractivity contribution in [1.82, 2.24) is 24.5 Å². The lowest BCUT2D eigenvalue weighted by Gasteiger charge is -2.11. The van der Waals surface area contributed by atoms with Crippen LogP contribution in [0.25, 0.3) is 11.3 Å². The third kappa shape index (κ3) is 5.15. The minimum absolute atomic E-state index is 0.00589. The van der Waals surface area contributed by atoms with Crippen LogP contribution in [0.1, 0.15) is 23.2 Å². The summed E-state index contributed by atoms with van der Waals surface area (Å²) in [6, 6.07) is 7.85. The minimum atomic E-state index is -3.74. The molecule has 166 valence electrons. The summed E-state index contributed by atoms with van der Waals surface area (Å²) in [7, 11) is -2.15. The molecule has 31 heavy (non-hydrogen) atoms. The largest absolute Gasteiger partial charge is 0.370 e. The number of anilines is 2. The van der Waals surface area contributed by atoms with Crippen LogP contribution in [-0.2, 0) is 17.1 Å². The van der Waals surface area contributed by atoms with Gasteiger partial charge < -0.3 is 11.1 Å². The summed E-state index contributed by atoms with van der Waals surface area (Å²) in [5.74, 6) is 0.751. The smallest absolute Gasteiger partial charge is 0.245 e. The topological polar surface area (TPSA) is 128 Å². The van der Waals surface area contributed by atoms with Crippen LogP contribution in [0.4, 0.5) is 11.8 Å². The lowest BCUT2D eigenvalue weighted by atomic mass is 10.0. The first-order valence-electron chi connectivity index (χ1n) is 9.74. The maximum Gasteiger partial charge on any atom is 0.245 e. The Morgan fingerprint density at radius 2 is 1.90 bits per heavy atom. The van der Waals surface area contributed by atoms with Gasteiger partial charge in [0.25, 0.3) is 0 Å². The van der Waals surface area contributed by atoms with Gasteiger partial charge in [-0.25, -0.2) is 18.1 Å². The van der Waals surface area contributed by atoms with Gasteiger partial charge >= 0.3 is 0 Å². The van der Waals surface area contributed by atoms with E-state index in [4.69, 9.17) is 17.3 Å². The van der Waals surface area contributed by atoms with Gasteiger partial charge in [0.15, 0.2) is 0 Å². The Morgan fingerprint density at radius 3 is 2.58 bits per heavy atom. The van der Waals surface area contributed by atoms with Crippen LogP contribution in [0.5, 0.6) is 0 Å². The fraction of sp³-hybridized carbons (Fsp3) is 0.350. The molecule has 9 nitrogen and oxygen atoms in total. The molecule has 2 aromatic heterocycles. The SMILES string of the molecule is Cc1cccc(-c2cc(NCCCNS(=O)(=O)c3c(C)nn(C)c3Cl)nc(N)n2)c1C. The molecule has 0 fully saturated rings. The summed E-state index contributed by atoms with van der Waals surface area (Å²) < 4.78 is 28.9. The van der Waals surface area contributed by atoms with E-state index in [0.717, 1.165) is 16.8 Å². The lowest BCUT2D eigenvalue weighted by Crippen LogP contribution is -2.26. The maximum absolute atomic E-state index is 12.5. The van der Waals surface area contributed by atoms with E-state index in [9.17, 15) is 8.42 Å². The molecule has 0 bridgehead atoms. The number of aromatic nitrogens is 4. The van der Waals surface area contributed by atoms with Gasteiger partial charge in [-0.15, -0.1) is 0 Å². The van der Waals surface area contributed by atoms with E-state index in [1.54, 1.807) is 14.0 Å². The third-order valence-electron chi connectivity index (χ3n) is 4.94. The van der Waals surface area contributed by atoms with Gasteiger partial charge in [0.1, 0.15) is 15.9 Å². The van der Waals surface area contributed by atoms with Crippen molar-refractivity contribution in [3.8, 4) is 11.3 Å². The van der Waals surface area contributed by atoms with Crippen molar-refractivity contribution in [2.45, 2.75) is 32.1 Å². The highest BCUT2D eigenvalue weighted by molar-refractivity contribution is 7.89. The first kappa shape index (κ1) is 23.0. The van der Waals surface area contributed by atoms with Crippen LogP contribution in [-0.4, -0.2) is 41.3 Å². The van der Waals surface area contributed by atoms with Crippen molar-refractivity contribution < 1.29 is 8.42 Å². The van der Waals surface area contributed by atoms with E-state index in [-0.39, 0.29) is 22.5 Å². The monoisotopic (exact) mass is 463 g/mol. The maximum atomic E-state index is 12.5. The number of hydrogen-bond donors (Lipinski definition) is 3. The second-order valence-corrected chi connectivity index (χ2v) is 9.31. The standard InChI is InChI=1S/C20H26ClN7O2S/c1-12-7-5-8-15(13(12)2)16-11-17(26-20(22)25-16)23-9-6-10-24-31(29,30)18-14(3)27-28(4)19(18)21/h5,7-8,11,24H,6,9-10H2,1-4H3,(H3,22,23,25,26). The second-order valence-electron chi connectivity index (χ2n) is 7.25. The molecule has 1 aromatic carbocycles. The molecular weight excluding hydrogens is 438 g/mol. The fourth-order valence-electron chi connectivity index (χ4n) is 3.22. The number of aryl methyl sites for hydroxylation is 3. The molecule has 3 aromatic rings. The minimum Gasteiger partial charge on any atom is -0.370 e. The zero-order chi connectivity index (χ0) is 22.8. The van der Waals surface area contributed by atoms with E-state index >= 15 is 0 Å². The highest BCUT2D eigenvalue weighted by Gasteiger charge is 2.24. The summed E-state index contributed by atoms with van der Waals surface area (Å²) in [6.07, 6.45) is 0.527. The average molecular weight is 464 g/mol. The highest BCUT2D eigenvalue weighted by Crippen LogP contribution is 2.26. The van der Waals surface area contributed by atoms with E-state index in [1.807, 2.05) is 38.1 Å². The molecule has 0 radical (unpaired) electrons.